The van der Waals surface area contributed by atoms with Crippen LogP contribution < -0.4 is 0 Å². The van der Waals surface area contributed by atoms with E-state index < -0.39 is 0 Å². The summed E-state index contributed by atoms with van der Waals surface area (Å²) in [5.41, 5.74) is 1.01. The zero-order valence-electron chi connectivity index (χ0n) is 7.16. The van der Waals surface area contributed by atoms with Crippen LogP contribution in [0.5, 0.6) is 0 Å². The van der Waals surface area contributed by atoms with E-state index in [1.165, 1.54) is 0 Å². The molecule has 0 saturated carbocycles. The summed E-state index contributed by atoms with van der Waals surface area (Å²) in [4.78, 5) is 4.18. The molecule has 0 N–H and O–H groups in total. The van der Waals surface area contributed by atoms with Gasteiger partial charge in [-0.1, -0.05) is 11.8 Å². The number of hydrogen-bond donors (Lipinski definition) is 0. The first-order valence-electron chi connectivity index (χ1n) is 3.87. The molecule has 0 radical (unpaired) electrons. The van der Waals surface area contributed by atoms with Gasteiger partial charge in [-0.05, 0) is 13.8 Å². The first-order chi connectivity index (χ1) is 5.68. The van der Waals surface area contributed by atoms with Crippen LogP contribution in [0, 0.1) is 6.92 Å². The average molecular weight is 185 g/mol. The minimum Gasteiger partial charge on any atom is -0.440 e. The highest BCUT2D eigenvalue weighted by Gasteiger charge is 2.39. The van der Waals surface area contributed by atoms with Crippen LogP contribution in [0.25, 0.3) is 0 Å². The van der Waals surface area contributed by atoms with Gasteiger partial charge in [0.05, 0.1) is 17.9 Å². The van der Waals surface area contributed by atoms with Crippen molar-refractivity contribution in [3.63, 3.8) is 0 Å². The van der Waals surface area contributed by atoms with Gasteiger partial charge >= 0.3 is 0 Å². The number of aromatic nitrogens is 1. The number of ether oxygens (including phenoxy) is 1. The molecule has 1 atom stereocenters. The Bertz CT molecular complexity index is 280. The molecule has 1 saturated heterocycles. The normalized spacial score (nSPS) is 27.5. The molecule has 1 fully saturated rings. The minimum atomic E-state index is 0.0764. The lowest BCUT2D eigenvalue weighted by Gasteiger charge is -1.99. The molecule has 2 rings (SSSR count). The van der Waals surface area contributed by atoms with Gasteiger partial charge in [0.1, 0.15) is 6.26 Å². The van der Waals surface area contributed by atoms with E-state index in [9.17, 15) is 0 Å². The quantitative estimate of drug-likeness (QED) is 0.532. The fraction of sp³-hybridized carbons (Fsp3) is 0.625. The topological polar surface area (TPSA) is 38.6 Å². The van der Waals surface area contributed by atoms with Crippen LogP contribution >= 0.6 is 11.8 Å². The Balaban J connectivity index is 1.87. The van der Waals surface area contributed by atoms with Crippen molar-refractivity contribution in [1.82, 2.24) is 4.98 Å². The van der Waals surface area contributed by atoms with E-state index in [-0.39, 0.29) is 5.60 Å². The lowest BCUT2D eigenvalue weighted by atomic mass is 10.3. The first kappa shape index (κ1) is 8.13. The van der Waals surface area contributed by atoms with Gasteiger partial charge in [0, 0.05) is 5.75 Å². The summed E-state index contributed by atoms with van der Waals surface area (Å²) in [7, 11) is 0. The van der Waals surface area contributed by atoms with Gasteiger partial charge in [0.2, 0.25) is 0 Å². The fourth-order valence-corrected chi connectivity index (χ4v) is 1.74. The van der Waals surface area contributed by atoms with Gasteiger partial charge in [-0.15, -0.1) is 0 Å². The van der Waals surface area contributed by atoms with Crippen LogP contribution in [-0.4, -0.2) is 22.9 Å². The minimum absolute atomic E-state index is 0.0764. The number of aryl methyl sites for hydroxylation is 1. The fourth-order valence-electron chi connectivity index (χ4n) is 0.820. The molecular formula is C8H11NO2S. The lowest BCUT2D eigenvalue weighted by Crippen LogP contribution is -2.07. The van der Waals surface area contributed by atoms with Crippen LogP contribution in [0.2, 0.25) is 0 Å². The number of nitrogens with zero attached hydrogens (tertiary/aromatic N) is 1. The largest absolute Gasteiger partial charge is 0.440 e. The molecule has 1 aliphatic rings. The van der Waals surface area contributed by atoms with Gasteiger partial charge in [0.15, 0.2) is 0 Å². The Hall–Kier alpha value is -0.480. The van der Waals surface area contributed by atoms with Crippen LogP contribution in [0.15, 0.2) is 15.9 Å². The smallest absolute Gasteiger partial charge is 0.255 e. The zero-order valence-corrected chi connectivity index (χ0v) is 7.98. The van der Waals surface area contributed by atoms with Gasteiger partial charge < -0.3 is 9.15 Å². The standard InChI is InChI=1S/C8H11NO2S/c1-6-3-10-7(9-6)12-5-8(2)4-11-8/h3H,4-5H2,1-2H3. The SMILES string of the molecule is Cc1coc(SCC2(C)CO2)n1. The van der Waals surface area contributed by atoms with E-state index in [1.54, 1.807) is 18.0 Å². The summed E-state index contributed by atoms with van der Waals surface area (Å²) < 4.78 is 10.4. The summed E-state index contributed by atoms with van der Waals surface area (Å²) in [6, 6.07) is 0. The maximum atomic E-state index is 5.23. The Morgan fingerprint density at radius 2 is 2.50 bits per heavy atom. The third kappa shape index (κ3) is 1.81. The number of epoxide rings is 1. The molecule has 0 aliphatic carbocycles. The van der Waals surface area contributed by atoms with E-state index in [1.807, 2.05) is 6.92 Å². The van der Waals surface area contributed by atoms with Crippen molar-refractivity contribution in [2.75, 3.05) is 12.4 Å². The van der Waals surface area contributed by atoms with E-state index in [4.69, 9.17) is 9.15 Å². The van der Waals surface area contributed by atoms with E-state index in [2.05, 4.69) is 11.9 Å². The Labute approximate surface area is 75.5 Å². The second kappa shape index (κ2) is 2.78. The monoisotopic (exact) mass is 185 g/mol. The van der Waals surface area contributed by atoms with Gasteiger partial charge in [-0.25, -0.2) is 4.98 Å². The Morgan fingerprint density at radius 1 is 1.75 bits per heavy atom. The molecule has 0 spiro atoms. The predicted molar refractivity (Wildman–Crippen MR) is 46.3 cm³/mol. The van der Waals surface area contributed by atoms with E-state index in [0.717, 1.165) is 23.3 Å². The zero-order chi connectivity index (χ0) is 8.60. The summed E-state index contributed by atoms with van der Waals surface area (Å²) >= 11 is 1.61. The molecule has 1 aromatic heterocycles. The maximum absolute atomic E-state index is 5.23. The van der Waals surface area contributed by atoms with Crippen LogP contribution in [0.1, 0.15) is 12.6 Å². The summed E-state index contributed by atoms with van der Waals surface area (Å²) in [5, 5.41) is 0.740. The van der Waals surface area contributed by atoms with Crippen molar-refractivity contribution in [2.24, 2.45) is 0 Å². The Kier molecular flexibility index (Phi) is 1.88. The van der Waals surface area contributed by atoms with E-state index in [0.29, 0.717) is 0 Å². The van der Waals surface area contributed by atoms with Crippen molar-refractivity contribution in [1.29, 1.82) is 0 Å². The molecule has 4 heteroatoms. The van der Waals surface area contributed by atoms with Crippen molar-refractivity contribution in [3.8, 4) is 0 Å². The van der Waals surface area contributed by atoms with E-state index >= 15 is 0 Å². The van der Waals surface area contributed by atoms with Gasteiger partial charge in [-0.2, -0.15) is 0 Å². The molecule has 3 nitrogen and oxygen atoms in total. The molecule has 0 bridgehead atoms. The molecule has 66 valence electrons. The first-order valence-corrected chi connectivity index (χ1v) is 4.85. The molecule has 0 aromatic carbocycles. The second-order valence-electron chi connectivity index (χ2n) is 3.28. The molecule has 0 amide bonds. The molecular weight excluding hydrogens is 174 g/mol. The van der Waals surface area contributed by atoms with Crippen molar-refractivity contribution in [2.45, 2.75) is 24.7 Å². The summed E-state index contributed by atoms with van der Waals surface area (Å²) in [6.07, 6.45) is 1.67. The highest BCUT2D eigenvalue weighted by atomic mass is 32.2. The number of oxazole rings is 1. The van der Waals surface area contributed by atoms with Gasteiger partial charge in [0.25, 0.3) is 5.22 Å². The maximum Gasteiger partial charge on any atom is 0.255 e. The Morgan fingerprint density at radius 3 is 3.00 bits per heavy atom. The van der Waals surface area contributed by atoms with Crippen LogP contribution in [0.4, 0.5) is 0 Å². The predicted octanol–water partition coefficient (Wildman–Crippen LogP) is 1.86. The highest BCUT2D eigenvalue weighted by molar-refractivity contribution is 7.99. The second-order valence-corrected chi connectivity index (χ2v) is 4.21. The number of thioether (sulfide) groups is 1. The molecule has 1 unspecified atom stereocenters. The third-order valence-electron chi connectivity index (χ3n) is 1.74. The molecule has 12 heavy (non-hydrogen) atoms. The van der Waals surface area contributed by atoms with Gasteiger partial charge in [-0.3, -0.25) is 0 Å². The summed E-state index contributed by atoms with van der Waals surface area (Å²) in [5.74, 6) is 0.924. The third-order valence-corrected chi connectivity index (χ3v) is 2.93. The summed E-state index contributed by atoms with van der Waals surface area (Å²) in [6.45, 7) is 4.87. The van der Waals surface area contributed by atoms with Crippen LogP contribution in [0.3, 0.4) is 0 Å². The molecule has 2 heterocycles. The van der Waals surface area contributed by atoms with Crippen molar-refractivity contribution in [3.05, 3.63) is 12.0 Å². The van der Waals surface area contributed by atoms with Crippen molar-refractivity contribution >= 4 is 11.8 Å². The number of rotatable bonds is 3. The van der Waals surface area contributed by atoms with Crippen molar-refractivity contribution < 1.29 is 9.15 Å². The lowest BCUT2D eigenvalue weighted by molar-refractivity contribution is 0.347. The molecule has 1 aliphatic heterocycles. The molecule has 1 aromatic rings. The highest BCUT2D eigenvalue weighted by Crippen LogP contribution is 2.32. The average Bonchev–Trinajstić information content (AvgIpc) is 2.60. The van der Waals surface area contributed by atoms with Crippen LogP contribution in [-0.2, 0) is 4.74 Å². The number of hydrogen-bond acceptors (Lipinski definition) is 4.